The molecule has 1 N–H and O–H groups in total. The highest BCUT2D eigenvalue weighted by molar-refractivity contribution is 5.94. The van der Waals surface area contributed by atoms with Crippen LogP contribution in [0.3, 0.4) is 0 Å². The molecule has 0 radical (unpaired) electrons. The molecule has 1 aromatic heterocycles. The minimum atomic E-state index is -0.651. The lowest BCUT2D eigenvalue weighted by Crippen LogP contribution is -2.31. The molecule has 0 saturated carbocycles. The number of aromatic amines is 1. The van der Waals surface area contributed by atoms with Crippen LogP contribution in [0, 0.1) is 6.92 Å². The number of nitrogens with zero attached hydrogens (tertiary/aromatic N) is 1. The van der Waals surface area contributed by atoms with Gasteiger partial charge >= 0.3 is 0 Å². The van der Waals surface area contributed by atoms with E-state index in [2.05, 4.69) is 4.98 Å². The second-order valence-electron chi connectivity index (χ2n) is 5.19. The van der Waals surface area contributed by atoms with Crippen LogP contribution in [0.1, 0.15) is 27.0 Å². The van der Waals surface area contributed by atoms with Crippen LogP contribution in [-0.4, -0.2) is 15.8 Å². The smallest absolute Gasteiger partial charge is 0.263 e. The number of aromatic nitrogens is 1. The maximum atomic E-state index is 12.5. The monoisotopic (exact) mass is 282 g/mol. The molecule has 0 aliphatic carbocycles. The first-order chi connectivity index (χ1) is 10.0. The van der Waals surface area contributed by atoms with Crippen LogP contribution in [-0.2, 0) is 13.1 Å². The summed E-state index contributed by atoms with van der Waals surface area (Å²) in [4.78, 5) is 39.3. The molecule has 106 valence electrons. The third-order valence-electron chi connectivity index (χ3n) is 3.59. The Morgan fingerprint density at radius 1 is 1.10 bits per heavy atom. The van der Waals surface area contributed by atoms with Gasteiger partial charge in [0.05, 0.1) is 0 Å². The number of benzene rings is 1. The lowest BCUT2D eigenvalue weighted by molar-refractivity contribution is 0.0750. The van der Waals surface area contributed by atoms with Crippen LogP contribution in [0.25, 0.3) is 0 Å². The largest absolute Gasteiger partial charge is 0.330 e. The predicted molar refractivity (Wildman–Crippen MR) is 78.1 cm³/mol. The zero-order chi connectivity index (χ0) is 15.0. The molecule has 0 fully saturated rings. The minimum absolute atomic E-state index is 0.0124. The maximum Gasteiger partial charge on any atom is 0.263 e. The van der Waals surface area contributed by atoms with Gasteiger partial charge in [0.2, 0.25) is 0 Å². The van der Waals surface area contributed by atoms with Gasteiger partial charge in [-0.15, -0.1) is 0 Å². The highest BCUT2D eigenvalue weighted by Gasteiger charge is 2.25. The van der Waals surface area contributed by atoms with Crippen LogP contribution in [0.4, 0.5) is 0 Å². The summed E-state index contributed by atoms with van der Waals surface area (Å²) in [5.41, 5.74) is 2.16. The van der Waals surface area contributed by atoms with Gasteiger partial charge in [-0.3, -0.25) is 19.4 Å². The molecule has 0 unspecified atom stereocenters. The Bertz CT molecular complexity index is 839. The van der Waals surface area contributed by atoms with Crippen LogP contribution >= 0.6 is 0 Å². The van der Waals surface area contributed by atoms with Crippen molar-refractivity contribution in [2.75, 3.05) is 0 Å². The lowest BCUT2D eigenvalue weighted by Gasteiger charge is -2.14. The van der Waals surface area contributed by atoms with Gasteiger partial charge in [0.1, 0.15) is 5.56 Å². The third kappa shape index (κ3) is 2.50. The number of hydrogen-bond acceptors (Lipinski definition) is 3. The van der Waals surface area contributed by atoms with E-state index in [1.807, 2.05) is 25.1 Å². The fraction of sp³-hybridized carbons (Fsp3) is 0.188. The highest BCUT2D eigenvalue weighted by Crippen LogP contribution is 2.24. The van der Waals surface area contributed by atoms with Crippen LogP contribution in [0.2, 0.25) is 0 Å². The molecule has 1 amide bonds. The van der Waals surface area contributed by atoms with Crippen molar-refractivity contribution in [2.24, 2.45) is 0 Å². The van der Waals surface area contributed by atoms with Crippen LogP contribution in [0.15, 0.2) is 46.0 Å². The highest BCUT2D eigenvalue weighted by atomic mass is 16.2. The van der Waals surface area contributed by atoms with Crippen LogP contribution in [0.5, 0.6) is 0 Å². The second kappa shape index (κ2) is 5.01. The molecule has 21 heavy (non-hydrogen) atoms. The fourth-order valence-corrected chi connectivity index (χ4v) is 2.53. The van der Waals surface area contributed by atoms with E-state index < -0.39 is 11.1 Å². The summed E-state index contributed by atoms with van der Waals surface area (Å²) in [5.74, 6) is -0.360. The van der Waals surface area contributed by atoms with Gasteiger partial charge in [0.15, 0.2) is 0 Å². The first-order valence-electron chi connectivity index (χ1n) is 6.66. The second-order valence-corrected chi connectivity index (χ2v) is 5.19. The van der Waals surface area contributed by atoms with Gasteiger partial charge in [-0.1, -0.05) is 29.8 Å². The molecular formula is C16H14N2O3. The first-order valence-corrected chi connectivity index (χ1v) is 6.66. The number of nitrogens with one attached hydrogen (secondary N) is 1. The number of amides is 1. The average molecular weight is 282 g/mol. The summed E-state index contributed by atoms with van der Waals surface area (Å²) in [6.07, 6.45) is 0. The number of carbonyl (C=O) groups excluding carboxylic acids is 1. The summed E-state index contributed by atoms with van der Waals surface area (Å²) >= 11 is 0. The van der Waals surface area contributed by atoms with Gasteiger partial charge in [0, 0.05) is 19.2 Å². The maximum absolute atomic E-state index is 12.5. The molecule has 3 rings (SSSR count). The number of fused-ring (bicyclic) bond motifs is 1. The van der Waals surface area contributed by atoms with E-state index in [0.717, 1.165) is 16.7 Å². The van der Waals surface area contributed by atoms with Crippen molar-refractivity contribution >= 4 is 5.91 Å². The minimum Gasteiger partial charge on any atom is -0.330 e. The van der Waals surface area contributed by atoms with Crippen molar-refractivity contribution in [2.45, 2.75) is 20.0 Å². The SMILES string of the molecule is Cc1ccc2c(c1)CN(C(=O)c1cccc(=O)[nH]c1=O)C2. The number of hydrogen-bond donors (Lipinski definition) is 1. The summed E-state index contributed by atoms with van der Waals surface area (Å²) in [6, 6.07) is 10.1. The quantitative estimate of drug-likeness (QED) is 0.854. The van der Waals surface area contributed by atoms with E-state index in [9.17, 15) is 14.4 Å². The van der Waals surface area contributed by atoms with E-state index in [1.54, 1.807) is 4.90 Å². The molecule has 5 heteroatoms. The molecule has 0 bridgehead atoms. The van der Waals surface area contributed by atoms with Gasteiger partial charge in [-0.2, -0.15) is 0 Å². The molecule has 5 nitrogen and oxygen atoms in total. The van der Waals surface area contributed by atoms with Crippen molar-refractivity contribution in [1.29, 1.82) is 0 Å². The topological polar surface area (TPSA) is 70.2 Å². The number of aryl methyl sites for hydroxylation is 1. The van der Waals surface area contributed by atoms with Crippen molar-refractivity contribution in [3.63, 3.8) is 0 Å². The summed E-state index contributed by atoms with van der Waals surface area (Å²) in [7, 11) is 0. The van der Waals surface area contributed by atoms with Crippen molar-refractivity contribution < 1.29 is 4.79 Å². The Kier molecular flexibility index (Phi) is 3.17. The molecule has 0 saturated heterocycles. The molecule has 2 aromatic rings. The van der Waals surface area contributed by atoms with E-state index in [-0.39, 0.29) is 11.5 Å². The van der Waals surface area contributed by atoms with Gasteiger partial charge in [-0.25, -0.2) is 0 Å². The Morgan fingerprint density at radius 2 is 1.86 bits per heavy atom. The van der Waals surface area contributed by atoms with Crippen LogP contribution < -0.4 is 11.1 Å². The Balaban J connectivity index is 1.94. The number of rotatable bonds is 1. The first kappa shape index (κ1) is 13.3. The standard InChI is InChI=1S/C16H14N2O3/c1-10-5-6-11-8-18(9-12(11)7-10)16(21)13-3-2-4-14(19)17-15(13)20/h2-7H,8-9H2,1H3,(H,17,19,20). The van der Waals surface area contributed by atoms with E-state index >= 15 is 0 Å². The van der Waals surface area contributed by atoms with Gasteiger partial charge in [-0.05, 0) is 24.1 Å². The summed E-state index contributed by atoms with van der Waals surface area (Å²) < 4.78 is 0. The normalized spacial score (nSPS) is 13.1. The zero-order valence-electron chi connectivity index (χ0n) is 11.6. The summed E-state index contributed by atoms with van der Waals surface area (Å²) in [5, 5.41) is 0. The predicted octanol–water partition coefficient (Wildman–Crippen LogP) is 1.20. The average Bonchev–Trinajstić information content (AvgIpc) is 2.77. The van der Waals surface area contributed by atoms with Gasteiger partial charge in [0.25, 0.3) is 17.0 Å². The molecular weight excluding hydrogens is 268 g/mol. The molecule has 1 aliphatic heterocycles. The van der Waals surface area contributed by atoms with Gasteiger partial charge < -0.3 is 4.90 Å². The van der Waals surface area contributed by atoms with Crippen molar-refractivity contribution in [3.05, 3.63) is 79.4 Å². The Hall–Kier alpha value is -2.69. The molecule has 0 spiro atoms. The number of H-pyrrole nitrogens is 1. The molecule has 1 aliphatic rings. The lowest BCUT2D eigenvalue weighted by atomic mass is 10.1. The Labute approximate surface area is 120 Å². The van der Waals surface area contributed by atoms with E-state index in [0.29, 0.717) is 13.1 Å². The fourth-order valence-electron chi connectivity index (χ4n) is 2.53. The Morgan fingerprint density at radius 3 is 2.67 bits per heavy atom. The number of carbonyl (C=O) groups is 1. The van der Waals surface area contributed by atoms with Crippen molar-refractivity contribution in [1.82, 2.24) is 9.88 Å². The van der Waals surface area contributed by atoms with Crippen molar-refractivity contribution in [3.8, 4) is 0 Å². The van der Waals surface area contributed by atoms with E-state index in [1.165, 1.54) is 18.2 Å². The third-order valence-corrected chi connectivity index (χ3v) is 3.59. The molecule has 1 aromatic carbocycles. The zero-order valence-corrected chi connectivity index (χ0v) is 11.6. The molecule has 2 heterocycles. The molecule has 0 atom stereocenters. The van der Waals surface area contributed by atoms with E-state index in [4.69, 9.17) is 0 Å². The summed E-state index contributed by atoms with van der Waals surface area (Å²) in [6.45, 7) is 2.97.